The lowest BCUT2D eigenvalue weighted by atomic mass is 10.0. The molecule has 1 aromatic carbocycles. The standard InChI is InChI=1S/C17H26N2/c1-4-14(5-2)13-19-10-9-16-8-7-15(11-17(16)19)12-18-6-3/h7-11,14,18H,4-6,12-13H2,1-3H3. The third-order valence-electron chi connectivity index (χ3n) is 4.03. The highest BCUT2D eigenvalue weighted by atomic mass is 15.0. The molecular weight excluding hydrogens is 232 g/mol. The van der Waals surface area contributed by atoms with Crippen molar-refractivity contribution in [2.45, 2.75) is 46.7 Å². The van der Waals surface area contributed by atoms with Gasteiger partial charge in [-0.15, -0.1) is 0 Å². The van der Waals surface area contributed by atoms with E-state index in [1.54, 1.807) is 0 Å². The van der Waals surface area contributed by atoms with Gasteiger partial charge in [-0.1, -0.05) is 45.7 Å². The fraction of sp³-hybridized carbons (Fsp3) is 0.529. The zero-order valence-electron chi connectivity index (χ0n) is 12.4. The molecule has 2 nitrogen and oxygen atoms in total. The zero-order chi connectivity index (χ0) is 13.7. The van der Waals surface area contributed by atoms with E-state index in [0.29, 0.717) is 0 Å². The maximum absolute atomic E-state index is 3.39. The summed E-state index contributed by atoms with van der Waals surface area (Å²) < 4.78 is 2.42. The van der Waals surface area contributed by atoms with Crippen LogP contribution < -0.4 is 5.32 Å². The quantitative estimate of drug-likeness (QED) is 0.788. The summed E-state index contributed by atoms with van der Waals surface area (Å²) in [6, 6.07) is 9.03. The van der Waals surface area contributed by atoms with Gasteiger partial charge in [0.05, 0.1) is 0 Å². The van der Waals surface area contributed by atoms with Crippen LogP contribution in [0.15, 0.2) is 30.5 Å². The molecule has 2 rings (SSSR count). The van der Waals surface area contributed by atoms with Crippen molar-refractivity contribution in [3.05, 3.63) is 36.0 Å². The fourth-order valence-electron chi connectivity index (χ4n) is 2.59. The second-order valence-corrected chi connectivity index (χ2v) is 5.32. The molecule has 0 saturated heterocycles. The van der Waals surface area contributed by atoms with Crippen molar-refractivity contribution in [2.24, 2.45) is 5.92 Å². The van der Waals surface area contributed by atoms with E-state index in [9.17, 15) is 0 Å². The molecule has 1 heterocycles. The van der Waals surface area contributed by atoms with Gasteiger partial charge in [0.15, 0.2) is 0 Å². The number of hydrogen-bond donors (Lipinski definition) is 1. The van der Waals surface area contributed by atoms with Gasteiger partial charge in [-0.2, -0.15) is 0 Å². The molecule has 0 bridgehead atoms. The number of nitrogens with one attached hydrogen (secondary N) is 1. The first-order valence-corrected chi connectivity index (χ1v) is 7.56. The van der Waals surface area contributed by atoms with Crippen LogP contribution in [0.1, 0.15) is 39.2 Å². The van der Waals surface area contributed by atoms with Crippen molar-refractivity contribution in [3.63, 3.8) is 0 Å². The van der Waals surface area contributed by atoms with Gasteiger partial charge in [0.1, 0.15) is 0 Å². The van der Waals surface area contributed by atoms with Crippen LogP contribution in [0.25, 0.3) is 10.9 Å². The number of rotatable bonds is 7. The van der Waals surface area contributed by atoms with E-state index in [-0.39, 0.29) is 0 Å². The molecule has 0 saturated carbocycles. The molecule has 19 heavy (non-hydrogen) atoms. The van der Waals surface area contributed by atoms with E-state index in [0.717, 1.165) is 25.6 Å². The van der Waals surface area contributed by atoms with Crippen molar-refractivity contribution < 1.29 is 0 Å². The lowest BCUT2D eigenvalue weighted by Crippen LogP contribution is -2.12. The van der Waals surface area contributed by atoms with E-state index in [1.165, 1.54) is 29.3 Å². The van der Waals surface area contributed by atoms with Crippen LogP contribution in [0.5, 0.6) is 0 Å². The second kappa shape index (κ2) is 6.76. The van der Waals surface area contributed by atoms with E-state index in [1.807, 2.05) is 0 Å². The Labute approximate surface area is 116 Å². The molecule has 2 heteroatoms. The Morgan fingerprint density at radius 3 is 2.58 bits per heavy atom. The second-order valence-electron chi connectivity index (χ2n) is 5.32. The fourth-order valence-corrected chi connectivity index (χ4v) is 2.59. The summed E-state index contributed by atoms with van der Waals surface area (Å²) in [7, 11) is 0. The Hall–Kier alpha value is -1.28. The molecule has 0 aliphatic heterocycles. The zero-order valence-corrected chi connectivity index (χ0v) is 12.4. The topological polar surface area (TPSA) is 17.0 Å². The van der Waals surface area contributed by atoms with Crippen LogP contribution in [-0.4, -0.2) is 11.1 Å². The molecule has 0 aliphatic carbocycles. The average molecular weight is 258 g/mol. The summed E-state index contributed by atoms with van der Waals surface area (Å²) in [5.74, 6) is 0.785. The summed E-state index contributed by atoms with van der Waals surface area (Å²) >= 11 is 0. The van der Waals surface area contributed by atoms with Gasteiger partial charge in [0, 0.05) is 24.8 Å². The Morgan fingerprint density at radius 2 is 1.89 bits per heavy atom. The van der Waals surface area contributed by atoms with Crippen molar-refractivity contribution in [3.8, 4) is 0 Å². The van der Waals surface area contributed by atoms with Gasteiger partial charge in [-0.25, -0.2) is 0 Å². The molecule has 2 aromatic rings. The van der Waals surface area contributed by atoms with Crippen LogP contribution >= 0.6 is 0 Å². The van der Waals surface area contributed by atoms with Gasteiger partial charge in [0.25, 0.3) is 0 Å². The number of nitrogens with zero attached hydrogens (tertiary/aromatic N) is 1. The van der Waals surface area contributed by atoms with Crippen molar-refractivity contribution in [2.75, 3.05) is 6.54 Å². The van der Waals surface area contributed by atoms with Gasteiger partial charge in [-0.05, 0) is 35.5 Å². The van der Waals surface area contributed by atoms with Crippen molar-refractivity contribution in [1.29, 1.82) is 0 Å². The average Bonchev–Trinajstić information content (AvgIpc) is 2.84. The van der Waals surface area contributed by atoms with E-state index in [4.69, 9.17) is 0 Å². The SMILES string of the molecule is CCNCc1ccc2ccn(CC(CC)CC)c2c1. The minimum Gasteiger partial charge on any atom is -0.347 e. The maximum Gasteiger partial charge on any atom is 0.0483 e. The minimum atomic E-state index is 0.785. The molecule has 1 N–H and O–H groups in total. The molecule has 0 unspecified atom stereocenters. The third kappa shape index (κ3) is 3.38. The summed E-state index contributed by atoms with van der Waals surface area (Å²) in [4.78, 5) is 0. The maximum atomic E-state index is 3.39. The third-order valence-corrected chi connectivity index (χ3v) is 4.03. The predicted molar refractivity (Wildman–Crippen MR) is 83.4 cm³/mol. The molecule has 0 amide bonds. The Kier molecular flexibility index (Phi) is 5.03. The van der Waals surface area contributed by atoms with Crippen LogP contribution in [-0.2, 0) is 13.1 Å². The molecule has 104 valence electrons. The largest absolute Gasteiger partial charge is 0.347 e. The van der Waals surface area contributed by atoms with Crippen molar-refractivity contribution in [1.82, 2.24) is 9.88 Å². The summed E-state index contributed by atoms with van der Waals surface area (Å²) in [6.45, 7) is 9.85. The molecule has 0 radical (unpaired) electrons. The molecule has 0 aliphatic rings. The minimum absolute atomic E-state index is 0.785. The Morgan fingerprint density at radius 1 is 1.11 bits per heavy atom. The smallest absolute Gasteiger partial charge is 0.0483 e. The predicted octanol–water partition coefficient (Wildman–Crippen LogP) is 4.19. The van der Waals surface area contributed by atoms with Crippen LogP contribution in [0.4, 0.5) is 0 Å². The monoisotopic (exact) mass is 258 g/mol. The molecule has 0 fully saturated rings. The number of aromatic nitrogens is 1. The number of hydrogen-bond acceptors (Lipinski definition) is 1. The molecule has 1 aromatic heterocycles. The first-order valence-electron chi connectivity index (χ1n) is 7.56. The highest BCUT2D eigenvalue weighted by Crippen LogP contribution is 2.21. The number of benzene rings is 1. The summed E-state index contributed by atoms with van der Waals surface area (Å²) in [5.41, 5.74) is 2.75. The Bertz CT molecular complexity index is 509. The van der Waals surface area contributed by atoms with Gasteiger partial charge >= 0.3 is 0 Å². The molecule has 0 spiro atoms. The van der Waals surface area contributed by atoms with Gasteiger partial charge in [0.2, 0.25) is 0 Å². The van der Waals surface area contributed by atoms with E-state index < -0.39 is 0 Å². The Balaban J connectivity index is 2.23. The normalized spacial score (nSPS) is 11.6. The van der Waals surface area contributed by atoms with Crippen molar-refractivity contribution >= 4 is 10.9 Å². The van der Waals surface area contributed by atoms with Crippen LogP contribution in [0, 0.1) is 5.92 Å². The van der Waals surface area contributed by atoms with Gasteiger partial charge < -0.3 is 9.88 Å². The first kappa shape index (κ1) is 14.1. The summed E-state index contributed by atoms with van der Waals surface area (Å²) in [6.07, 6.45) is 4.75. The highest BCUT2D eigenvalue weighted by Gasteiger charge is 2.07. The van der Waals surface area contributed by atoms with E-state index in [2.05, 4.69) is 61.1 Å². The summed E-state index contributed by atoms with van der Waals surface area (Å²) in [5, 5.41) is 4.75. The molecule has 0 atom stereocenters. The van der Waals surface area contributed by atoms with E-state index >= 15 is 0 Å². The number of fused-ring (bicyclic) bond motifs is 1. The van der Waals surface area contributed by atoms with Crippen LogP contribution in [0.3, 0.4) is 0 Å². The lowest BCUT2D eigenvalue weighted by molar-refractivity contribution is 0.425. The van der Waals surface area contributed by atoms with Gasteiger partial charge in [-0.3, -0.25) is 0 Å². The first-order chi connectivity index (χ1) is 9.28. The lowest BCUT2D eigenvalue weighted by Gasteiger charge is -2.14. The molecular formula is C17H26N2. The highest BCUT2D eigenvalue weighted by molar-refractivity contribution is 5.80. The van der Waals surface area contributed by atoms with Crippen LogP contribution in [0.2, 0.25) is 0 Å².